The van der Waals surface area contributed by atoms with E-state index in [4.69, 9.17) is 5.26 Å². The van der Waals surface area contributed by atoms with Gasteiger partial charge in [0.2, 0.25) is 0 Å². The van der Waals surface area contributed by atoms with E-state index in [-0.39, 0.29) is 11.8 Å². The number of aromatic amines is 1. The summed E-state index contributed by atoms with van der Waals surface area (Å²) in [4.78, 5) is 13.9. The highest BCUT2D eigenvalue weighted by atomic mass is 16.1. The van der Waals surface area contributed by atoms with Crippen molar-refractivity contribution in [2.24, 2.45) is 0 Å². The highest BCUT2D eigenvalue weighted by Gasteiger charge is 1.96. The van der Waals surface area contributed by atoms with Crippen molar-refractivity contribution >= 4 is 0 Å². The molecule has 1 rings (SSSR count). The molecular weight excluding hydrogens is 140 g/mol. The number of nitrogens with one attached hydrogen (secondary N) is 1. The summed E-state index contributed by atoms with van der Waals surface area (Å²) >= 11 is 0. The summed E-state index contributed by atoms with van der Waals surface area (Å²) in [6, 6.07) is 3.42. The first kappa shape index (κ1) is 7.55. The number of nitrogens with zero attached hydrogens (tertiary/aromatic N) is 1. The molecule has 0 fully saturated rings. The van der Waals surface area contributed by atoms with E-state index in [1.807, 2.05) is 6.07 Å². The average Bonchev–Trinajstić information content (AvgIpc) is 1.95. The zero-order valence-electron chi connectivity index (χ0n) is 6.22. The van der Waals surface area contributed by atoms with Crippen molar-refractivity contribution < 1.29 is 0 Å². The van der Waals surface area contributed by atoms with E-state index in [2.05, 4.69) is 4.98 Å². The third kappa shape index (κ3) is 1.68. The van der Waals surface area contributed by atoms with Gasteiger partial charge >= 0.3 is 0 Å². The monoisotopic (exact) mass is 148 g/mol. The molecule has 0 unspecified atom stereocenters. The van der Waals surface area contributed by atoms with Crippen LogP contribution in [-0.2, 0) is 6.42 Å². The Morgan fingerprint density at radius 1 is 1.73 bits per heavy atom. The molecule has 1 aromatic rings. The number of H-pyrrole nitrogens is 1. The fourth-order valence-corrected chi connectivity index (χ4v) is 0.826. The Kier molecular flexibility index (Phi) is 2.07. The van der Waals surface area contributed by atoms with Gasteiger partial charge < -0.3 is 4.98 Å². The van der Waals surface area contributed by atoms with E-state index in [9.17, 15) is 4.79 Å². The molecule has 3 heteroatoms. The van der Waals surface area contributed by atoms with Gasteiger partial charge in [-0.05, 0) is 6.92 Å². The second-order valence-corrected chi connectivity index (χ2v) is 2.34. The average molecular weight is 148 g/mol. The topological polar surface area (TPSA) is 56.6 Å². The fourth-order valence-electron chi connectivity index (χ4n) is 0.826. The minimum Gasteiger partial charge on any atom is -0.365 e. The number of hydrogen-bond acceptors (Lipinski definition) is 2. The second-order valence-electron chi connectivity index (χ2n) is 2.34. The predicted octanol–water partition coefficient (Wildman–Crippen LogP) is 0.749. The molecule has 0 aliphatic carbocycles. The van der Waals surface area contributed by atoms with Crippen molar-refractivity contribution in [3.63, 3.8) is 0 Å². The van der Waals surface area contributed by atoms with Crippen LogP contribution in [0.4, 0.5) is 0 Å². The first-order valence-electron chi connectivity index (χ1n) is 3.29. The summed E-state index contributed by atoms with van der Waals surface area (Å²) in [5.74, 6) is 0. The lowest BCUT2D eigenvalue weighted by molar-refractivity contribution is 1.11. The number of aryl methyl sites for hydroxylation is 1. The summed E-state index contributed by atoms with van der Waals surface area (Å²) < 4.78 is 0. The number of hydrogen-bond donors (Lipinski definition) is 1. The summed E-state index contributed by atoms with van der Waals surface area (Å²) in [5, 5.41) is 8.31. The first-order valence-corrected chi connectivity index (χ1v) is 3.29. The van der Waals surface area contributed by atoms with Crippen molar-refractivity contribution in [1.82, 2.24) is 4.98 Å². The van der Waals surface area contributed by atoms with Crippen LogP contribution in [0.2, 0.25) is 0 Å². The Balaban J connectivity index is 3.12. The molecule has 0 aromatic carbocycles. The molecular formula is C8H8N2O. The van der Waals surface area contributed by atoms with E-state index in [1.54, 1.807) is 13.1 Å². The Bertz CT molecular complexity index is 346. The highest BCUT2D eigenvalue weighted by molar-refractivity contribution is 5.16. The van der Waals surface area contributed by atoms with Gasteiger partial charge in [-0.15, -0.1) is 0 Å². The van der Waals surface area contributed by atoms with Crippen molar-refractivity contribution in [3.8, 4) is 6.07 Å². The van der Waals surface area contributed by atoms with Gasteiger partial charge in [0.05, 0.1) is 12.5 Å². The number of aromatic nitrogens is 1. The third-order valence-corrected chi connectivity index (χ3v) is 1.41. The van der Waals surface area contributed by atoms with Crippen LogP contribution in [0.1, 0.15) is 11.3 Å². The van der Waals surface area contributed by atoms with Crippen molar-refractivity contribution in [2.75, 3.05) is 0 Å². The van der Waals surface area contributed by atoms with Crippen molar-refractivity contribution in [3.05, 3.63) is 33.7 Å². The Morgan fingerprint density at radius 2 is 2.45 bits per heavy atom. The van der Waals surface area contributed by atoms with E-state index in [1.165, 1.54) is 6.07 Å². The Labute approximate surface area is 64.3 Å². The normalized spacial score (nSPS) is 9.09. The SMILES string of the molecule is Cc1cc(=O)c(CC#N)c[nH]1. The highest BCUT2D eigenvalue weighted by Crippen LogP contribution is 1.91. The summed E-state index contributed by atoms with van der Waals surface area (Å²) in [6.07, 6.45) is 1.76. The maximum atomic E-state index is 11.1. The molecule has 0 radical (unpaired) electrons. The molecule has 3 nitrogen and oxygen atoms in total. The quantitative estimate of drug-likeness (QED) is 0.638. The van der Waals surface area contributed by atoms with Crippen LogP contribution in [0.25, 0.3) is 0 Å². The van der Waals surface area contributed by atoms with E-state index in [0.29, 0.717) is 5.56 Å². The standard InChI is InChI=1S/C8H8N2O/c1-6-4-8(11)7(2-3-9)5-10-6/h4-5H,2H2,1H3,(H,10,11). The lowest BCUT2D eigenvalue weighted by Crippen LogP contribution is -2.08. The Morgan fingerprint density at radius 3 is 3.00 bits per heavy atom. The maximum absolute atomic E-state index is 11.1. The summed E-state index contributed by atoms with van der Waals surface area (Å²) in [7, 11) is 0. The molecule has 0 aliphatic heterocycles. The smallest absolute Gasteiger partial charge is 0.186 e. The van der Waals surface area contributed by atoms with Gasteiger partial charge in [-0.25, -0.2) is 0 Å². The molecule has 0 atom stereocenters. The molecule has 1 N–H and O–H groups in total. The predicted molar refractivity (Wildman–Crippen MR) is 41.1 cm³/mol. The van der Waals surface area contributed by atoms with Gasteiger partial charge in [0.1, 0.15) is 0 Å². The molecule has 0 saturated carbocycles. The van der Waals surface area contributed by atoms with E-state index >= 15 is 0 Å². The van der Waals surface area contributed by atoms with Crippen molar-refractivity contribution in [2.45, 2.75) is 13.3 Å². The van der Waals surface area contributed by atoms with Gasteiger partial charge in [-0.1, -0.05) is 0 Å². The van der Waals surface area contributed by atoms with Crippen LogP contribution in [0.3, 0.4) is 0 Å². The van der Waals surface area contributed by atoms with Crippen LogP contribution >= 0.6 is 0 Å². The minimum absolute atomic E-state index is 0.0669. The van der Waals surface area contributed by atoms with Gasteiger partial charge in [0.25, 0.3) is 0 Å². The van der Waals surface area contributed by atoms with Crippen LogP contribution < -0.4 is 5.43 Å². The van der Waals surface area contributed by atoms with Crippen LogP contribution in [0, 0.1) is 18.3 Å². The van der Waals surface area contributed by atoms with E-state index < -0.39 is 0 Å². The zero-order valence-corrected chi connectivity index (χ0v) is 6.22. The maximum Gasteiger partial charge on any atom is 0.186 e. The van der Waals surface area contributed by atoms with Gasteiger partial charge in [-0.2, -0.15) is 5.26 Å². The van der Waals surface area contributed by atoms with Gasteiger partial charge in [0.15, 0.2) is 5.43 Å². The molecule has 0 bridgehead atoms. The Hall–Kier alpha value is -1.56. The summed E-state index contributed by atoms with van der Waals surface area (Å²) in [6.45, 7) is 1.80. The lowest BCUT2D eigenvalue weighted by atomic mass is 10.2. The molecule has 1 aromatic heterocycles. The molecule has 0 spiro atoms. The lowest BCUT2D eigenvalue weighted by Gasteiger charge is -1.93. The van der Waals surface area contributed by atoms with E-state index in [0.717, 1.165) is 5.69 Å². The van der Waals surface area contributed by atoms with Crippen LogP contribution in [-0.4, -0.2) is 4.98 Å². The number of nitriles is 1. The molecule has 0 amide bonds. The largest absolute Gasteiger partial charge is 0.365 e. The second kappa shape index (κ2) is 3.02. The molecule has 1 heterocycles. The van der Waals surface area contributed by atoms with Crippen LogP contribution in [0.5, 0.6) is 0 Å². The third-order valence-electron chi connectivity index (χ3n) is 1.41. The minimum atomic E-state index is -0.0669. The number of pyridine rings is 1. The first-order chi connectivity index (χ1) is 5.24. The van der Waals surface area contributed by atoms with Crippen LogP contribution in [0.15, 0.2) is 17.1 Å². The molecule has 56 valence electrons. The van der Waals surface area contributed by atoms with Crippen molar-refractivity contribution in [1.29, 1.82) is 5.26 Å². The molecule has 0 aliphatic rings. The fraction of sp³-hybridized carbons (Fsp3) is 0.250. The molecule has 11 heavy (non-hydrogen) atoms. The van der Waals surface area contributed by atoms with Gasteiger partial charge in [0, 0.05) is 23.5 Å². The van der Waals surface area contributed by atoms with Gasteiger partial charge in [-0.3, -0.25) is 4.79 Å². The molecule has 0 saturated heterocycles. The number of rotatable bonds is 1. The summed E-state index contributed by atoms with van der Waals surface area (Å²) in [5.41, 5.74) is 1.28. The zero-order chi connectivity index (χ0) is 8.27.